The Balaban J connectivity index is 3.78. The lowest BCUT2D eigenvalue weighted by Crippen LogP contribution is -2.19. The molecule has 0 amide bonds. The van der Waals surface area contributed by atoms with Gasteiger partial charge in [0.1, 0.15) is 7.85 Å². The number of aliphatic hydroxyl groups excluding tert-OH is 1. The van der Waals surface area contributed by atoms with Crippen molar-refractivity contribution in [1.29, 1.82) is 0 Å². The highest BCUT2D eigenvalue weighted by Gasteiger charge is 2.12. The number of hydrogen-bond donors (Lipinski definition) is 1. The van der Waals surface area contributed by atoms with Gasteiger partial charge in [-0.1, -0.05) is 32.4 Å². The minimum Gasteiger partial charge on any atom is -0.402 e. The van der Waals surface area contributed by atoms with Crippen LogP contribution in [-0.2, 0) is 0 Å². The Kier molecular flexibility index (Phi) is 5.30. The van der Waals surface area contributed by atoms with E-state index in [9.17, 15) is 5.11 Å². The van der Waals surface area contributed by atoms with Gasteiger partial charge >= 0.3 is 0 Å². The first kappa shape index (κ1) is 10.8. The summed E-state index contributed by atoms with van der Waals surface area (Å²) in [6, 6.07) is -0.191. The normalized spacial score (nSPS) is 15.9. The van der Waals surface area contributed by atoms with Gasteiger partial charge < -0.3 is 5.11 Å². The van der Waals surface area contributed by atoms with Gasteiger partial charge in [-0.05, 0) is 18.8 Å². The fourth-order valence-corrected chi connectivity index (χ4v) is 1.17. The van der Waals surface area contributed by atoms with Crippen molar-refractivity contribution in [2.75, 3.05) is 0 Å². The maximum Gasteiger partial charge on any atom is 0.139 e. The molecule has 0 rings (SSSR count). The molecule has 0 aromatic carbocycles. The predicted molar refractivity (Wildman–Crippen MR) is 52.4 cm³/mol. The van der Waals surface area contributed by atoms with Crippen molar-refractivity contribution in [3.05, 3.63) is 12.2 Å². The van der Waals surface area contributed by atoms with E-state index in [1.807, 2.05) is 7.85 Å². The smallest absolute Gasteiger partial charge is 0.139 e. The molecule has 0 radical (unpaired) electrons. The van der Waals surface area contributed by atoms with Crippen molar-refractivity contribution >= 4 is 7.85 Å². The monoisotopic (exact) mass is 154 g/mol. The molecule has 0 bridgehead atoms. The zero-order valence-electron chi connectivity index (χ0n) is 7.93. The summed E-state index contributed by atoms with van der Waals surface area (Å²) in [6.45, 7) is 8.15. The summed E-state index contributed by atoms with van der Waals surface area (Å²) >= 11 is 0. The molecule has 1 N–H and O–H groups in total. The molecule has 0 aliphatic carbocycles. The zero-order chi connectivity index (χ0) is 8.85. The second-order valence-corrected chi connectivity index (χ2v) is 3.22. The highest BCUT2D eigenvalue weighted by molar-refractivity contribution is 6.10. The van der Waals surface area contributed by atoms with Crippen LogP contribution in [0.1, 0.15) is 33.1 Å². The molecular weight excluding hydrogens is 135 g/mol. The van der Waals surface area contributed by atoms with E-state index in [1.54, 1.807) is 0 Å². The highest BCUT2D eigenvalue weighted by atomic mass is 16.3. The minimum atomic E-state index is -0.191. The van der Waals surface area contributed by atoms with E-state index in [0.29, 0.717) is 5.92 Å². The van der Waals surface area contributed by atoms with Gasteiger partial charge in [-0.2, -0.15) is 0 Å². The molecule has 2 heteroatoms. The van der Waals surface area contributed by atoms with Crippen LogP contribution >= 0.6 is 0 Å². The summed E-state index contributed by atoms with van der Waals surface area (Å²) in [7, 11) is 1.86. The van der Waals surface area contributed by atoms with E-state index >= 15 is 0 Å². The summed E-state index contributed by atoms with van der Waals surface area (Å²) in [6.07, 6.45) is 3.05. The third-order valence-electron chi connectivity index (χ3n) is 2.26. The quantitative estimate of drug-likeness (QED) is 0.467. The Morgan fingerprint density at radius 2 is 2.09 bits per heavy atom. The van der Waals surface area contributed by atoms with Gasteiger partial charge in [0.15, 0.2) is 0 Å². The first-order valence-electron chi connectivity index (χ1n) is 4.46. The molecule has 11 heavy (non-hydrogen) atoms. The maximum absolute atomic E-state index is 9.32. The Morgan fingerprint density at radius 1 is 1.55 bits per heavy atom. The summed E-state index contributed by atoms with van der Waals surface area (Å²) in [4.78, 5) is 0. The molecule has 0 aromatic heterocycles. The molecule has 2 unspecified atom stereocenters. The van der Waals surface area contributed by atoms with E-state index in [-0.39, 0.29) is 6.00 Å². The van der Waals surface area contributed by atoms with Crippen molar-refractivity contribution in [3.63, 3.8) is 0 Å². The molecule has 0 fully saturated rings. The third kappa shape index (κ3) is 4.25. The van der Waals surface area contributed by atoms with Crippen molar-refractivity contribution in [3.8, 4) is 0 Å². The van der Waals surface area contributed by atoms with Crippen LogP contribution < -0.4 is 0 Å². The van der Waals surface area contributed by atoms with Crippen LogP contribution in [0.15, 0.2) is 12.2 Å². The van der Waals surface area contributed by atoms with Crippen LogP contribution in [0.4, 0.5) is 0 Å². The molecule has 64 valence electrons. The van der Waals surface area contributed by atoms with E-state index in [2.05, 4.69) is 20.4 Å². The predicted octanol–water partition coefficient (Wildman–Crippen LogP) is 1.32. The van der Waals surface area contributed by atoms with Crippen LogP contribution in [0.5, 0.6) is 0 Å². The van der Waals surface area contributed by atoms with E-state index in [4.69, 9.17) is 0 Å². The number of allylic oxidation sites excluding steroid dienone is 1. The summed E-state index contributed by atoms with van der Waals surface area (Å²) in [5.41, 5.74) is 1.25. The van der Waals surface area contributed by atoms with Gasteiger partial charge in [-0.15, -0.1) is 0 Å². The molecule has 1 nitrogen and oxygen atoms in total. The van der Waals surface area contributed by atoms with E-state index < -0.39 is 0 Å². The van der Waals surface area contributed by atoms with Crippen LogP contribution in [0.2, 0.25) is 0 Å². The Bertz CT molecular complexity index is 121. The number of rotatable bonds is 5. The summed E-state index contributed by atoms with van der Waals surface area (Å²) < 4.78 is 0. The van der Waals surface area contributed by atoms with Gasteiger partial charge in [0, 0.05) is 6.00 Å². The van der Waals surface area contributed by atoms with Gasteiger partial charge in [0.2, 0.25) is 0 Å². The molecule has 0 saturated heterocycles. The highest BCUT2D eigenvalue weighted by Crippen LogP contribution is 2.18. The largest absolute Gasteiger partial charge is 0.402 e. The third-order valence-corrected chi connectivity index (χ3v) is 2.26. The summed E-state index contributed by atoms with van der Waals surface area (Å²) in [5, 5.41) is 9.32. The van der Waals surface area contributed by atoms with E-state index in [1.165, 1.54) is 5.57 Å². The van der Waals surface area contributed by atoms with E-state index in [0.717, 1.165) is 19.3 Å². The SMILES string of the molecule is BC(O)C(CC)CC(=C)CC. The number of hydrogen-bond acceptors (Lipinski definition) is 1. The molecule has 0 aromatic rings. The fraction of sp³-hybridized carbons (Fsp3) is 0.778. The van der Waals surface area contributed by atoms with Gasteiger partial charge in [-0.3, -0.25) is 0 Å². The molecular formula is C9H19BO. The lowest BCUT2D eigenvalue weighted by atomic mass is 9.81. The van der Waals surface area contributed by atoms with Crippen LogP contribution in [0.25, 0.3) is 0 Å². The van der Waals surface area contributed by atoms with Crippen molar-refractivity contribution in [2.24, 2.45) is 5.92 Å². The molecule has 0 spiro atoms. The Hall–Kier alpha value is -0.235. The second kappa shape index (κ2) is 5.42. The van der Waals surface area contributed by atoms with Gasteiger partial charge in [0.05, 0.1) is 0 Å². The fourth-order valence-electron chi connectivity index (χ4n) is 1.17. The standard InChI is InChI=1S/C9H19BO/c1-4-7(3)6-8(5-2)9(10)11/h8-9,11H,3-6,10H2,1-2H3. The second-order valence-electron chi connectivity index (χ2n) is 3.22. The average molecular weight is 154 g/mol. The van der Waals surface area contributed by atoms with Crippen LogP contribution in [-0.4, -0.2) is 19.0 Å². The van der Waals surface area contributed by atoms with Crippen LogP contribution in [0.3, 0.4) is 0 Å². The number of aliphatic hydroxyl groups is 1. The molecule has 0 saturated carbocycles. The zero-order valence-corrected chi connectivity index (χ0v) is 7.93. The van der Waals surface area contributed by atoms with Gasteiger partial charge in [-0.25, -0.2) is 0 Å². The molecule has 0 aliphatic rings. The maximum atomic E-state index is 9.32. The first-order valence-corrected chi connectivity index (χ1v) is 4.46. The Morgan fingerprint density at radius 3 is 2.36 bits per heavy atom. The average Bonchev–Trinajstić information content (AvgIpc) is 1.99. The van der Waals surface area contributed by atoms with Crippen molar-refractivity contribution in [1.82, 2.24) is 0 Å². The molecule has 2 atom stereocenters. The van der Waals surface area contributed by atoms with Crippen LogP contribution in [0, 0.1) is 5.92 Å². The topological polar surface area (TPSA) is 20.2 Å². The molecule has 0 aliphatic heterocycles. The first-order chi connectivity index (χ1) is 5.11. The lowest BCUT2D eigenvalue weighted by Gasteiger charge is -2.18. The molecule has 0 heterocycles. The summed E-state index contributed by atoms with van der Waals surface area (Å²) in [5.74, 6) is 0.405. The minimum absolute atomic E-state index is 0.191. The van der Waals surface area contributed by atoms with Crippen molar-refractivity contribution in [2.45, 2.75) is 39.1 Å². The lowest BCUT2D eigenvalue weighted by molar-refractivity contribution is 0.179. The van der Waals surface area contributed by atoms with Crippen molar-refractivity contribution < 1.29 is 5.11 Å². The Labute approximate surface area is 70.9 Å². The van der Waals surface area contributed by atoms with Gasteiger partial charge in [0.25, 0.3) is 0 Å².